The minimum Gasteiger partial charge on any atom is -0.369 e. The normalized spacial score (nSPS) is 20.3. The van der Waals surface area contributed by atoms with Gasteiger partial charge in [0, 0.05) is 41.8 Å². The first-order valence-electron chi connectivity index (χ1n) is 10.3. The monoisotopic (exact) mass is 429 g/mol. The molecule has 1 aliphatic carbocycles. The Labute approximate surface area is 176 Å². The van der Waals surface area contributed by atoms with Gasteiger partial charge >= 0.3 is 5.69 Å². The quantitative estimate of drug-likeness (QED) is 0.665. The predicted molar refractivity (Wildman–Crippen MR) is 116 cm³/mol. The van der Waals surface area contributed by atoms with Crippen molar-refractivity contribution in [2.45, 2.75) is 45.2 Å². The Bertz CT molecular complexity index is 1250. The number of aromatic amines is 1. The molecule has 7 nitrogen and oxygen atoms in total. The van der Waals surface area contributed by atoms with Crippen molar-refractivity contribution in [1.82, 2.24) is 14.5 Å². The first-order valence-corrected chi connectivity index (χ1v) is 11.1. The van der Waals surface area contributed by atoms with E-state index in [4.69, 9.17) is 5.73 Å². The van der Waals surface area contributed by atoms with E-state index < -0.39 is 17.1 Å². The maximum atomic E-state index is 15.6. The summed E-state index contributed by atoms with van der Waals surface area (Å²) in [5, 5.41) is 3.07. The van der Waals surface area contributed by atoms with E-state index in [1.807, 2.05) is 17.2 Å². The highest BCUT2D eigenvalue weighted by molar-refractivity contribution is 7.09. The molecule has 3 heterocycles. The van der Waals surface area contributed by atoms with Gasteiger partial charge in [-0.25, -0.2) is 14.2 Å². The molecule has 1 saturated carbocycles. The molecule has 30 heavy (non-hydrogen) atoms. The van der Waals surface area contributed by atoms with Gasteiger partial charge in [-0.2, -0.15) is 0 Å². The van der Waals surface area contributed by atoms with Crippen LogP contribution in [0.5, 0.6) is 0 Å². The molecule has 0 spiro atoms. The first-order chi connectivity index (χ1) is 14.4. The van der Waals surface area contributed by atoms with Crippen LogP contribution in [0.4, 0.5) is 10.1 Å². The summed E-state index contributed by atoms with van der Waals surface area (Å²) in [6.07, 6.45) is 4.36. The predicted octanol–water partition coefficient (Wildman–Crippen LogP) is 2.76. The van der Waals surface area contributed by atoms with Gasteiger partial charge in [0.05, 0.1) is 22.6 Å². The van der Waals surface area contributed by atoms with Crippen molar-refractivity contribution in [3.8, 4) is 0 Å². The molecule has 0 radical (unpaired) electrons. The average molecular weight is 430 g/mol. The molecule has 2 aromatic heterocycles. The number of aromatic nitrogens is 3. The van der Waals surface area contributed by atoms with Gasteiger partial charge in [-0.1, -0.05) is 0 Å². The van der Waals surface area contributed by atoms with E-state index >= 15 is 4.39 Å². The van der Waals surface area contributed by atoms with Crippen molar-refractivity contribution in [2.75, 3.05) is 18.0 Å². The molecule has 9 heteroatoms. The first kappa shape index (κ1) is 19.4. The van der Waals surface area contributed by atoms with E-state index in [2.05, 4.69) is 9.97 Å². The number of rotatable bonds is 4. The summed E-state index contributed by atoms with van der Waals surface area (Å²) in [5.41, 5.74) is 7.46. The van der Waals surface area contributed by atoms with E-state index in [9.17, 15) is 9.59 Å². The Balaban J connectivity index is 1.63. The Hall–Kier alpha value is -2.52. The van der Waals surface area contributed by atoms with Gasteiger partial charge in [0.1, 0.15) is 5.01 Å². The van der Waals surface area contributed by atoms with Gasteiger partial charge in [-0.15, -0.1) is 11.3 Å². The van der Waals surface area contributed by atoms with E-state index in [-0.39, 0.29) is 29.0 Å². The second-order valence-corrected chi connectivity index (χ2v) is 9.31. The third-order valence-electron chi connectivity index (χ3n) is 6.46. The Kier molecular flexibility index (Phi) is 4.55. The molecule has 2 fully saturated rings. The van der Waals surface area contributed by atoms with Crippen LogP contribution < -0.4 is 21.9 Å². The van der Waals surface area contributed by atoms with Crippen LogP contribution in [0.15, 0.2) is 21.2 Å². The number of anilines is 1. The standard InChI is InChI=1S/C21H24FN5O2S/c1-10-14-17(27(13-3-4-13)21(29)25-19(14)28)11(2)18(15(10)22)26-7-5-12(9-26)16(23)20-24-6-8-30-20/h6,8,12-13,16H,3-5,7,9,23H2,1-2H3,(H,25,28,29). The van der Waals surface area contributed by atoms with Crippen molar-refractivity contribution in [3.63, 3.8) is 0 Å². The number of halogens is 1. The topological polar surface area (TPSA) is 97.0 Å². The molecular weight excluding hydrogens is 405 g/mol. The van der Waals surface area contributed by atoms with Crippen molar-refractivity contribution < 1.29 is 4.39 Å². The molecule has 1 aromatic carbocycles. The number of H-pyrrole nitrogens is 1. The number of hydrogen-bond donors (Lipinski definition) is 2. The summed E-state index contributed by atoms with van der Waals surface area (Å²) in [4.78, 5) is 33.8. The molecule has 1 saturated heterocycles. The summed E-state index contributed by atoms with van der Waals surface area (Å²) >= 11 is 1.54. The van der Waals surface area contributed by atoms with Gasteiger partial charge in [0.15, 0.2) is 5.82 Å². The second kappa shape index (κ2) is 7.02. The number of fused-ring (bicyclic) bond motifs is 1. The fourth-order valence-electron chi connectivity index (χ4n) is 4.77. The highest BCUT2D eigenvalue weighted by Gasteiger charge is 2.34. The van der Waals surface area contributed by atoms with Crippen molar-refractivity contribution in [3.05, 3.63) is 54.4 Å². The third-order valence-corrected chi connectivity index (χ3v) is 7.34. The number of nitrogens with zero attached hydrogens (tertiary/aromatic N) is 3. The van der Waals surface area contributed by atoms with E-state index in [1.165, 1.54) is 11.3 Å². The van der Waals surface area contributed by atoms with Gasteiger partial charge in [-0.3, -0.25) is 14.3 Å². The minimum atomic E-state index is -0.525. The molecule has 0 amide bonds. The van der Waals surface area contributed by atoms with E-state index in [1.54, 1.807) is 17.7 Å². The fraction of sp³-hybridized carbons (Fsp3) is 0.476. The van der Waals surface area contributed by atoms with Gasteiger partial charge < -0.3 is 10.6 Å². The zero-order valence-corrected chi connectivity index (χ0v) is 17.8. The number of benzene rings is 1. The number of hydrogen-bond acceptors (Lipinski definition) is 6. The molecule has 158 valence electrons. The Morgan fingerprint density at radius 2 is 2.03 bits per heavy atom. The van der Waals surface area contributed by atoms with Gasteiger partial charge in [0.2, 0.25) is 0 Å². The molecule has 2 atom stereocenters. The summed E-state index contributed by atoms with van der Waals surface area (Å²) in [6.45, 7) is 4.71. The maximum Gasteiger partial charge on any atom is 0.329 e. The molecule has 3 N–H and O–H groups in total. The fourth-order valence-corrected chi connectivity index (χ4v) is 5.50. The molecule has 2 unspecified atom stereocenters. The van der Waals surface area contributed by atoms with Crippen LogP contribution in [-0.4, -0.2) is 27.6 Å². The number of aryl methyl sites for hydroxylation is 2. The van der Waals surface area contributed by atoms with Crippen LogP contribution in [0.25, 0.3) is 10.9 Å². The summed E-state index contributed by atoms with van der Waals surface area (Å²) in [6, 6.07) is -0.120. The zero-order chi connectivity index (χ0) is 21.2. The number of thiazole rings is 1. The van der Waals surface area contributed by atoms with Crippen molar-refractivity contribution in [1.29, 1.82) is 0 Å². The molecule has 1 aliphatic heterocycles. The number of nitrogens with two attached hydrogens (primary N) is 1. The lowest BCUT2D eigenvalue weighted by Crippen LogP contribution is -2.32. The molecule has 0 bridgehead atoms. The smallest absolute Gasteiger partial charge is 0.329 e. The maximum absolute atomic E-state index is 15.6. The van der Waals surface area contributed by atoms with Gasteiger partial charge in [0.25, 0.3) is 5.56 Å². The Morgan fingerprint density at radius 1 is 1.27 bits per heavy atom. The van der Waals surface area contributed by atoms with Crippen LogP contribution in [0.3, 0.4) is 0 Å². The third kappa shape index (κ3) is 2.91. The highest BCUT2D eigenvalue weighted by atomic mass is 32.1. The largest absolute Gasteiger partial charge is 0.369 e. The number of nitrogens with one attached hydrogen (secondary N) is 1. The minimum absolute atomic E-state index is 0.0675. The van der Waals surface area contributed by atoms with Crippen molar-refractivity contribution in [2.24, 2.45) is 11.7 Å². The van der Waals surface area contributed by atoms with E-state index in [0.29, 0.717) is 29.9 Å². The van der Waals surface area contributed by atoms with Crippen LogP contribution >= 0.6 is 11.3 Å². The van der Waals surface area contributed by atoms with E-state index in [0.717, 1.165) is 24.3 Å². The molecular formula is C21H24FN5O2S. The van der Waals surface area contributed by atoms with Gasteiger partial charge in [-0.05, 0) is 39.0 Å². The Morgan fingerprint density at radius 3 is 2.70 bits per heavy atom. The van der Waals surface area contributed by atoms with Crippen LogP contribution in [-0.2, 0) is 0 Å². The zero-order valence-electron chi connectivity index (χ0n) is 16.9. The van der Waals surface area contributed by atoms with Crippen LogP contribution in [0.2, 0.25) is 0 Å². The lowest BCUT2D eigenvalue weighted by atomic mass is 10.00. The summed E-state index contributed by atoms with van der Waals surface area (Å²) < 4.78 is 17.2. The molecule has 2 aliphatic rings. The van der Waals surface area contributed by atoms with Crippen LogP contribution in [0, 0.1) is 25.6 Å². The van der Waals surface area contributed by atoms with Crippen LogP contribution in [0.1, 0.15) is 47.5 Å². The average Bonchev–Trinajstić information content (AvgIpc) is 3.18. The summed E-state index contributed by atoms with van der Waals surface area (Å²) in [5.74, 6) is -0.231. The molecule has 5 rings (SSSR count). The molecule has 3 aromatic rings. The second-order valence-electron chi connectivity index (χ2n) is 8.39. The lowest BCUT2D eigenvalue weighted by Gasteiger charge is -2.26. The van der Waals surface area contributed by atoms with Crippen molar-refractivity contribution >= 4 is 27.9 Å². The lowest BCUT2D eigenvalue weighted by molar-refractivity contribution is 0.472. The SMILES string of the molecule is Cc1c(F)c(N2CCC(C(N)c3nccs3)C2)c(C)c2c1c(=O)[nH]c(=O)n2C1CC1. The summed E-state index contributed by atoms with van der Waals surface area (Å²) in [7, 11) is 0. The highest BCUT2D eigenvalue weighted by Crippen LogP contribution is 2.41.